The number of hydrogen-bond acceptors (Lipinski definition) is 4. The molecule has 0 radical (unpaired) electrons. The summed E-state index contributed by atoms with van der Waals surface area (Å²) in [5.41, 5.74) is 6.43. The number of imidazole rings is 1. The van der Waals surface area contributed by atoms with Gasteiger partial charge in [0.25, 0.3) is 0 Å². The number of nitrogens with two attached hydrogens (primary N) is 1. The molecule has 1 aliphatic rings. The van der Waals surface area contributed by atoms with Crippen molar-refractivity contribution in [3.8, 4) is 0 Å². The Morgan fingerprint density at radius 3 is 2.76 bits per heavy atom. The lowest BCUT2D eigenvalue weighted by Crippen LogP contribution is -2.47. The molecule has 0 saturated carbocycles. The summed E-state index contributed by atoms with van der Waals surface area (Å²) in [6.07, 6.45) is 2.63. The highest BCUT2D eigenvalue weighted by atomic mass is 32.2. The molecule has 1 atom stereocenters. The van der Waals surface area contributed by atoms with E-state index < -0.39 is 10.0 Å². The smallest absolute Gasteiger partial charge is 0.323 e. The van der Waals surface area contributed by atoms with Gasteiger partial charge in [-0.15, -0.1) is 0 Å². The molecule has 1 saturated heterocycles. The summed E-state index contributed by atoms with van der Waals surface area (Å²) in [5, 5.41) is 0. The molecule has 0 bridgehead atoms. The Bertz CT molecular complexity index is 808. The molecule has 8 heteroatoms. The van der Waals surface area contributed by atoms with E-state index in [9.17, 15) is 13.2 Å². The van der Waals surface area contributed by atoms with Crippen molar-refractivity contribution in [2.24, 2.45) is 5.73 Å². The molecule has 7 nitrogen and oxygen atoms in total. The minimum atomic E-state index is -3.59. The molecular weight excluding hydrogens is 292 g/mol. The van der Waals surface area contributed by atoms with Gasteiger partial charge < -0.3 is 15.7 Å². The molecular formula is C13H18N4O3S. The van der Waals surface area contributed by atoms with E-state index in [0.717, 1.165) is 19.3 Å². The number of aromatic nitrogens is 2. The molecule has 4 N–H and O–H groups in total. The summed E-state index contributed by atoms with van der Waals surface area (Å²) in [6, 6.07) is 4.46. The van der Waals surface area contributed by atoms with Gasteiger partial charge in [-0.3, -0.25) is 0 Å². The number of benzene rings is 1. The molecule has 1 aromatic heterocycles. The summed E-state index contributed by atoms with van der Waals surface area (Å²) in [4.78, 5) is 16.6. The fourth-order valence-electron chi connectivity index (χ4n) is 2.83. The standard InChI is InChI=1S/C13H18N4O3S/c14-8-9-3-1-2-6-17(9)21(19,20)10-4-5-11-12(7-10)16-13(18)15-11/h4-5,7,9H,1-3,6,8,14H2,(H2,15,16,18). The first-order chi connectivity index (χ1) is 10.0. The molecule has 1 unspecified atom stereocenters. The first kappa shape index (κ1) is 14.3. The number of H-pyrrole nitrogens is 2. The van der Waals surface area contributed by atoms with E-state index in [1.165, 1.54) is 16.4 Å². The number of fused-ring (bicyclic) bond motifs is 1. The largest absolute Gasteiger partial charge is 0.329 e. The number of piperidine rings is 1. The Labute approximate surface area is 122 Å². The van der Waals surface area contributed by atoms with Crippen LogP contribution in [0.15, 0.2) is 27.9 Å². The van der Waals surface area contributed by atoms with Crippen molar-refractivity contribution in [2.75, 3.05) is 13.1 Å². The number of aromatic amines is 2. The fourth-order valence-corrected chi connectivity index (χ4v) is 4.56. The van der Waals surface area contributed by atoms with Crippen LogP contribution in [0, 0.1) is 0 Å². The van der Waals surface area contributed by atoms with Gasteiger partial charge in [0, 0.05) is 19.1 Å². The van der Waals surface area contributed by atoms with Gasteiger partial charge in [-0.25, -0.2) is 13.2 Å². The second-order valence-electron chi connectivity index (χ2n) is 5.29. The zero-order chi connectivity index (χ0) is 15.0. The Hall–Kier alpha value is -1.64. The maximum atomic E-state index is 12.8. The second-order valence-corrected chi connectivity index (χ2v) is 7.18. The highest BCUT2D eigenvalue weighted by Gasteiger charge is 2.32. The summed E-state index contributed by atoms with van der Waals surface area (Å²) in [5.74, 6) is 0. The van der Waals surface area contributed by atoms with Gasteiger partial charge in [0.15, 0.2) is 0 Å². The lowest BCUT2D eigenvalue weighted by Gasteiger charge is -2.33. The normalized spacial score (nSPS) is 20.9. The molecule has 2 aromatic rings. The highest BCUT2D eigenvalue weighted by molar-refractivity contribution is 7.89. The second kappa shape index (κ2) is 5.28. The van der Waals surface area contributed by atoms with Gasteiger partial charge in [-0.1, -0.05) is 6.42 Å². The monoisotopic (exact) mass is 310 g/mol. The topological polar surface area (TPSA) is 112 Å². The number of hydrogen-bond donors (Lipinski definition) is 3. The molecule has 21 heavy (non-hydrogen) atoms. The van der Waals surface area contributed by atoms with Gasteiger partial charge in [-0.2, -0.15) is 4.31 Å². The lowest BCUT2D eigenvalue weighted by atomic mass is 10.1. The van der Waals surface area contributed by atoms with E-state index in [2.05, 4.69) is 9.97 Å². The van der Waals surface area contributed by atoms with Crippen molar-refractivity contribution >= 4 is 21.1 Å². The van der Waals surface area contributed by atoms with Crippen molar-refractivity contribution in [1.29, 1.82) is 0 Å². The Kier molecular flexibility index (Phi) is 3.60. The van der Waals surface area contributed by atoms with Gasteiger partial charge in [0.2, 0.25) is 10.0 Å². The third kappa shape index (κ3) is 2.50. The van der Waals surface area contributed by atoms with E-state index in [4.69, 9.17) is 5.73 Å². The van der Waals surface area contributed by atoms with Crippen LogP contribution in [-0.4, -0.2) is 41.8 Å². The maximum Gasteiger partial charge on any atom is 0.323 e. The quantitative estimate of drug-likeness (QED) is 0.759. The van der Waals surface area contributed by atoms with Crippen LogP contribution in [-0.2, 0) is 10.0 Å². The lowest BCUT2D eigenvalue weighted by molar-refractivity contribution is 0.257. The zero-order valence-electron chi connectivity index (χ0n) is 11.5. The summed E-state index contributed by atoms with van der Waals surface area (Å²) >= 11 is 0. The fraction of sp³-hybridized carbons (Fsp3) is 0.462. The van der Waals surface area contributed by atoms with Crippen LogP contribution < -0.4 is 11.4 Å². The third-order valence-electron chi connectivity index (χ3n) is 3.94. The van der Waals surface area contributed by atoms with Gasteiger partial charge >= 0.3 is 5.69 Å². The SMILES string of the molecule is NCC1CCCCN1S(=O)(=O)c1ccc2[nH]c(=O)[nH]c2c1. The van der Waals surface area contributed by atoms with Crippen molar-refractivity contribution < 1.29 is 8.42 Å². The first-order valence-electron chi connectivity index (χ1n) is 6.96. The highest BCUT2D eigenvalue weighted by Crippen LogP contribution is 2.26. The van der Waals surface area contributed by atoms with E-state index in [0.29, 0.717) is 24.1 Å². The van der Waals surface area contributed by atoms with Crippen LogP contribution >= 0.6 is 0 Å². The van der Waals surface area contributed by atoms with E-state index in [1.54, 1.807) is 6.07 Å². The molecule has 0 spiro atoms. The van der Waals surface area contributed by atoms with Gasteiger partial charge in [0.05, 0.1) is 15.9 Å². The van der Waals surface area contributed by atoms with Crippen molar-refractivity contribution in [3.05, 3.63) is 28.7 Å². The van der Waals surface area contributed by atoms with E-state index in [-0.39, 0.29) is 16.6 Å². The number of nitrogens with one attached hydrogen (secondary N) is 2. The minimum Gasteiger partial charge on any atom is -0.329 e. The van der Waals surface area contributed by atoms with Gasteiger partial charge in [0.1, 0.15) is 0 Å². The van der Waals surface area contributed by atoms with Crippen LogP contribution in [0.5, 0.6) is 0 Å². The van der Waals surface area contributed by atoms with Crippen LogP contribution in [0.4, 0.5) is 0 Å². The molecule has 0 amide bonds. The van der Waals surface area contributed by atoms with Crippen LogP contribution in [0.25, 0.3) is 11.0 Å². The molecule has 1 aromatic carbocycles. The van der Waals surface area contributed by atoms with Crippen molar-refractivity contribution in [2.45, 2.75) is 30.2 Å². The average molecular weight is 310 g/mol. The maximum absolute atomic E-state index is 12.8. The number of rotatable bonds is 3. The summed E-state index contributed by atoms with van der Waals surface area (Å²) < 4.78 is 27.0. The zero-order valence-corrected chi connectivity index (χ0v) is 12.3. The minimum absolute atomic E-state index is 0.148. The predicted molar refractivity (Wildman–Crippen MR) is 79.5 cm³/mol. The molecule has 3 rings (SSSR count). The van der Waals surface area contributed by atoms with Crippen LogP contribution in [0.2, 0.25) is 0 Å². The Morgan fingerprint density at radius 2 is 2.00 bits per heavy atom. The molecule has 1 fully saturated rings. The van der Waals surface area contributed by atoms with Gasteiger partial charge in [-0.05, 0) is 31.0 Å². The Balaban J connectivity index is 2.04. The van der Waals surface area contributed by atoms with Crippen molar-refractivity contribution in [3.63, 3.8) is 0 Å². The van der Waals surface area contributed by atoms with E-state index >= 15 is 0 Å². The van der Waals surface area contributed by atoms with Crippen LogP contribution in [0.1, 0.15) is 19.3 Å². The predicted octanol–water partition coefficient (Wildman–Crippen LogP) is 0.358. The molecule has 2 heterocycles. The molecule has 0 aliphatic carbocycles. The number of nitrogens with zero attached hydrogens (tertiary/aromatic N) is 1. The Morgan fingerprint density at radius 1 is 1.24 bits per heavy atom. The number of sulfonamides is 1. The average Bonchev–Trinajstić information content (AvgIpc) is 2.86. The molecule has 1 aliphatic heterocycles. The van der Waals surface area contributed by atoms with Crippen molar-refractivity contribution in [1.82, 2.24) is 14.3 Å². The third-order valence-corrected chi connectivity index (χ3v) is 5.89. The summed E-state index contributed by atoms with van der Waals surface area (Å²) in [6.45, 7) is 0.814. The van der Waals surface area contributed by atoms with E-state index in [1.807, 2.05) is 0 Å². The summed E-state index contributed by atoms with van der Waals surface area (Å²) in [7, 11) is -3.59. The first-order valence-corrected chi connectivity index (χ1v) is 8.40. The van der Waals surface area contributed by atoms with Crippen LogP contribution in [0.3, 0.4) is 0 Å². The molecule has 114 valence electrons.